The zero-order valence-corrected chi connectivity index (χ0v) is 6.80. The predicted octanol–water partition coefficient (Wildman–Crippen LogP) is 1.53. The van der Waals surface area contributed by atoms with E-state index in [1.54, 1.807) is 0 Å². The van der Waals surface area contributed by atoms with E-state index in [9.17, 15) is 4.91 Å². The molecule has 0 radical (unpaired) electrons. The highest BCUT2D eigenvalue weighted by Gasteiger charge is 1.83. The van der Waals surface area contributed by atoms with Crippen molar-refractivity contribution in [1.29, 1.82) is 0 Å². The first kappa shape index (κ1) is 13.2. The standard InChI is InChI=1S/C5H11NO2.HNO3/c1-2-3-4-5-8-6-7;2-1(3)4/h2-5H2,1H3;(H,2,3,4). The minimum atomic E-state index is -1.50. The largest absolute Gasteiger partial charge is 0.364 e. The molecule has 0 bridgehead atoms. The first-order valence-corrected chi connectivity index (χ1v) is 3.43. The maximum Gasteiger partial charge on any atom is 0.291 e. The van der Waals surface area contributed by atoms with Crippen LogP contribution >= 0.6 is 0 Å². The average molecular weight is 180 g/mol. The summed E-state index contributed by atoms with van der Waals surface area (Å²) in [6, 6.07) is 0. The van der Waals surface area contributed by atoms with Crippen LogP contribution in [0.5, 0.6) is 0 Å². The van der Waals surface area contributed by atoms with Gasteiger partial charge in [0.1, 0.15) is 6.61 Å². The summed E-state index contributed by atoms with van der Waals surface area (Å²) in [5.41, 5.74) is 0. The molecule has 0 aromatic carbocycles. The third-order valence-corrected chi connectivity index (χ3v) is 0.892. The van der Waals surface area contributed by atoms with E-state index in [0.717, 1.165) is 19.3 Å². The molecule has 0 unspecified atom stereocenters. The van der Waals surface area contributed by atoms with Crippen molar-refractivity contribution in [2.75, 3.05) is 6.61 Å². The van der Waals surface area contributed by atoms with Gasteiger partial charge in [0.25, 0.3) is 5.09 Å². The van der Waals surface area contributed by atoms with E-state index in [2.05, 4.69) is 17.1 Å². The van der Waals surface area contributed by atoms with Gasteiger partial charge in [-0.15, -0.1) is 15.0 Å². The van der Waals surface area contributed by atoms with Gasteiger partial charge in [0.2, 0.25) is 0 Å². The summed E-state index contributed by atoms with van der Waals surface area (Å²) in [6.45, 7) is 2.56. The Bertz CT molecular complexity index is 114. The lowest BCUT2D eigenvalue weighted by Gasteiger charge is -1.91. The minimum Gasteiger partial charge on any atom is -0.364 e. The summed E-state index contributed by atoms with van der Waals surface area (Å²) >= 11 is 0. The van der Waals surface area contributed by atoms with Crippen LogP contribution in [-0.2, 0) is 4.84 Å². The van der Waals surface area contributed by atoms with Gasteiger partial charge in [0.15, 0.2) is 5.34 Å². The Balaban J connectivity index is 0. The molecule has 0 aliphatic rings. The highest BCUT2D eigenvalue weighted by Crippen LogP contribution is 1.93. The quantitative estimate of drug-likeness (QED) is 0.299. The molecule has 0 saturated heterocycles. The molecule has 0 saturated carbocycles. The van der Waals surface area contributed by atoms with Gasteiger partial charge in [0, 0.05) is 0 Å². The molecule has 7 heteroatoms. The molecule has 72 valence electrons. The maximum atomic E-state index is 9.30. The van der Waals surface area contributed by atoms with E-state index in [-0.39, 0.29) is 0 Å². The van der Waals surface area contributed by atoms with Crippen molar-refractivity contribution in [3.63, 3.8) is 0 Å². The average Bonchev–Trinajstić information content (AvgIpc) is 1.97. The molecule has 12 heavy (non-hydrogen) atoms. The van der Waals surface area contributed by atoms with Crippen LogP contribution in [-0.4, -0.2) is 16.9 Å². The molecule has 0 spiro atoms. The zero-order valence-electron chi connectivity index (χ0n) is 6.80. The van der Waals surface area contributed by atoms with E-state index in [0.29, 0.717) is 6.61 Å². The van der Waals surface area contributed by atoms with Gasteiger partial charge in [-0.1, -0.05) is 19.8 Å². The molecular formula is C5H12N2O5. The fourth-order valence-corrected chi connectivity index (χ4v) is 0.454. The number of unbranched alkanes of at least 4 members (excludes halogenated alkanes) is 2. The van der Waals surface area contributed by atoms with Crippen LogP contribution < -0.4 is 0 Å². The molecule has 0 atom stereocenters. The fraction of sp³-hybridized carbons (Fsp3) is 1.00. The zero-order chi connectivity index (χ0) is 9.82. The van der Waals surface area contributed by atoms with Crippen LogP contribution in [0.15, 0.2) is 5.34 Å². The number of rotatable bonds is 5. The monoisotopic (exact) mass is 180 g/mol. The summed E-state index contributed by atoms with van der Waals surface area (Å²) < 4.78 is 0. The van der Waals surface area contributed by atoms with E-state index < -0.39 is 5.09 Å². The second-order valence-corrected chi connectivity index (χ2v) is 1.85. The van der Waals surface area contributed by atoms with Crippen molar-refractivity contribution in [3.05, 3.63) is 15.0 Å². The third kappa shape index (κ3) is 38.3. The molecule has 0 rings (SSSR count). The van der Waals surface area contributed by atoms with Gasteiger partial charge in [-0.2, -0.15) is 0 Å². The molecule has 0 aromatic rings. The lowest BCUT2D eigenvalue weighted by Crippen LogP contribution is -1.84. The molecule has 0 amide bonds. The molecule has 0 aliphatic heterocycles. The van der Waals surface area contributed by atoms with Gasteiger partial charge in [-0.05, 0) is 6.42 Å². The van der Waals surface area contributed by atoms with Crippen molar-refractivity contribution >= 4 is 0 Å². The Kier molecular flexibility index (Phi) is 13.5. The molecule has 0 aliphatic carbocycles. The Labute approximate surface area is 69.4 Å². The second-order valence-electron chi connectivity index (χ2n) is 1.85. The van der Waals surface area contributed by atoms with E-state index in [1.165, 1.54) is 0 Å². The van der Waals surface area contributed by atoms with Crippen molar-refractivity contribution < 1.29 is 15.1 Å². The van der Waals surface area contributed by atoms with Crippen molar-refractivity contribution in [3.8, 4) is 0 Å². The lowest BCUT2D eigenvalue weighted by molar-refractivity contribution is -0.742. The molecule has 7 nitrogen and oxygen atoms in total. The van der Waals surface area contributed by atoms with Crippen LogP contribution in [0.25, 0.3) is 0 Å². The van der Waals surface area contributed by atoms with E-state index in [1.807, 2.05) is 0 Å². The third-order valence-electron chi connectivity index (χ3n) is 0.892. The number of hydrogen-bond donors (Lipinski definition) is 1. The van der Waals surface area contributed by atoms with E-state index >= 15 is 0 Å². The normalized spacial score (nSPS) is 7.75. The fourth-order valence-electron chi connectivity index (χ4n) is 0.454. The first-order valence-electron chi connectivity index (χ1n) is 3.43. The van der Waals surface area contributed by atoms with Crippen molar-refractivity contribution in [2.24, 2.45) is 5.34 Å². The Hall–Kier alpha value is -1.40. The summed E-state index contributed by atoms with van der Waals surface area (Å²) in [7, 11) is 0. The Morgan fingerprint density at radius 2 is 2.08 bits per heavy atom. The second kappa shape index (κ2) is 12.3. The van der Waals surface area contributed by atoms with Crippen LogP contribution in [0.3, 0.4) is 0 Å². The molecule has 1 N–H and O–H groups in total. The van der Waals surface area contributed by atoms with Gasteiger partial charge in [-0.3, -0.25) is 0 Å². The summed E-state index contributed by atoms with van der Waals surface area (Å²) in [5, 5.41) is 15.9. The van der Waals surface area contributed by atoms with Gasteiger partial charge in [0.05, 0.1) is 0 Å². The maximum absolute atomic E-state index is 9.30. The summed E-state index contributed by atoms with van der Waals surface area (Å²) in [5.74, 6) is 0. The van der Waals surface area contributed by atoms with E-state index in [4.69, 9.17) is 15.3 Å². The summed E-state index contributed by atoms with van der Waals surface area (Å²) in [4.78, 5) is 21.9. The summed E-state index contributed by atoms with van der Waals surface area (Å²) in [6.07, 6.45) is 3.18. The van der Waals surface area contributed by atoms with Crippen LogP contribution in [0.4, 0.5) is 0 Å². The van der Waals surface area contributed by atoms with Gasteiger partial charge in [-0.25, -0.2) is 0 Å². The lowest BCUT2D eigenvalue weighted by atomic mass is 10.3. The number of nitrogens with zero attached hydrogens (tertiary/aromatic N) is 2. The molecular weight excluding hydrogens is 168 g/mol. The van der Waals surface area contributed by atoms with Crippen molar-refractivity contribution in [2.45, 2.75) is 26.2 Å². The Morgan fingerprint density at radius 1 is 1.58 bits per heavy atom. The van der Waals surface area contributed by atoms with Crippen LogP contribution in [0, 0.1) is 15.0 Å². The smallest absolute Gasteiger partial charge is 0.291 e. The Morgan fingerprint density at radius 3 is 2.42 bits per heavy atom. The van der Waals surface area contributed by atoms with Gasteiger partial charge < -0.3 is 10.0 Å². The minimum absolute atomic E-state index is 0.470. The predicted molar refractivity (Wildman–Crippen MR) is 40.1 cm³/mol. The first-order chi connectivity index (χ1) is 5.65. The highest BCUT2D eigenvalue weighted by atomic mass is 16.9. The SMILES string of the molecule is CCCCCON=O.O=[N+]([O-])O. The van der Waals surface area contributed by atoms with Gasteiger partial charge >= 0.3 is 0 Å². The van der Waals surface area contributed by atoms with Crippen molar-refractivity contribution in [1.82, 2.24) is 0 Å². The molecule has 0 aromatic heterocycles. The van der Waals surface area contributed by atoms with Crippen LogP contribution in [0.1, 0.15) is 26.2 Å². The molecule has 0 heterocycles. The molecule has 0 fully saturated rings. The topological polar surface area (TPSA) is 102 Å². The highest BCUT2D eigenvalue weighted by molar-refractivity contribution is 4.33. The number of hydrogen-bond acceptors (Lipinski definition) is 5. The van der Waals surface area contributed by atoms with Crippen LogP contribution in [0.2, 0.25) is 0 Å².